The molecule has 110 valence electrons. The lowest BCUT2D eigenvalue weighted by Crippen LogP contribution is -2.34. The van der Waals surface area contributed by atoms with E-state index in [1.807, 2.05) is 19.1 Å². The summed E-state index contributed by atoms with van der Waals surface area (Å²) in [6.45, 7) is 5.51. The molecule has 1 atom stereocenters. The van der Waals surface area contributed by atoms with Gasteiger partial charge >= 0.3 is 0 Å². The summed E-state index contributed by atoms with van der Waals surface area (Å²) in [7, 11) is 0. The Bertz CT molecular complexity index is 658. The molecule has 4 heteroatoms. The molecule has 0 bridgehead atoms. The summed E-state index contributed by atoms with van der Waals surface area (Å²) in [5.41, 5.74) is 3.38. The minimum atomic E-state index is -0.191. The Morgan fingerprint density at radius 1 is 1.29 bits per heavy atom. The van der Waals surface area contributed by atoms with Gasteiger partial charge in [-0.15, -0.1) is 0 Å². The van der Waals surface area contributed by atoms with Gasteiger partial charge in [-0.25, -0.2) is 0 Å². The molecule has 21 heavy (non-hydrogen) atoms. The van der Waals surface area contributed by atoms with E-state index in [1.165, 1.54) is 18.1 Å². The zero-order valence-electron chi connectivity index (χ0n) is 12.6. The molecule has 0 fully saturated rings. The molecular weight excluding hydrogens is 264 g/mol. The van der Waals surface area contributed by atoms with Crippen LogP contribution in [0.5, 0.6) is 0 Å². The van der Waals surface area contributed by atoms with E-state index in [1.54, 1.807) is 12.3 Å². The van der Waals surface area contributed by atoms with E-state index in [0.29, 0.717) is 11.3 Å². The molecule has 0 aliphatic heterocycles. The van der Waals surface area contributed by atoms with Gasteiger partial charge in [0.1, 0.15) is 5.69 Å². The second-order valence-corrected chi connectivity index (χ2v) is 5.36. The molecule has 0 radical (unpaired) electrons. The summed E-state index contributed by atoms with van der Waals surface area (Å²) < 4.78 is 0. The van der Waals surface area contributed by atoms with Crippen molar-refractivity contribution >= 4 is 11.7 Å². The highest BCUT2D eigenvalue weighted by molar-refractivity contribution is 5.99. The van der Waals surface area contributed by atoms with Crippen molar-refractivity contribution in [3.05, 3.63) is 58.9 Å². The molecule has 0 saturated carbocycles. The number of carbonyl (C=O) groups excluding carboxylic acids is 2. The van der Waals surface area contributed by atoms with Gasteiger partial charge in [0.15, 0.2) is 5.78 Å². The maximum absolute atomic E-state index is 12.1. The number of rotatable bonds is 5. The lowest BCUT2D eigenvalue weighted by molar-refractivity contribution is 0.0935. The van der Waals surface area contributed by atoms with Crippen LogP contribution in [0.2, 0.25) is 0 Å². The maximum atomic E-state index is 12.1. The number of hydrogen-bond acceptors (Lipinski definition) is 2. The summed E-state index contributed by atoms with van der Waals surface area (Å²) >= 11 is 0. The first-order chi connectivity index (χ1) is 9.97. The second-order valence-electron chi connectivity index (χ2n) is 5.36. The Hall–Kier alpha value is -2.36. The van der Waals surface area contributed by atoms with Crippen molar-refractivity contribution in [2.75, 3.05) is 0 Å². The first kappa shape index (κ1) is 15.0. The Labute approximate surface area is 124 Å². The molecular formula is C17H20N2O2. The number of aromatic nitrogens is 1. The van der Waals surface area contributed by atoms with Crippen LogP contribution in [0.3, 0.4) is 0 Å². The van der Waals surface area contributed by atoms with Crippen LogP contribution in [-0.4, -0.2) is 22.7 Å². The molecule has 2 aromatic rings. The van der Waals surface area contributed by atoms with E-state index < -0.39 is 0 Å². The number of benzene rings is 1. The summed E-state index contributed by atoms with van der Waals surface area (Å²) in [5, 5.41) is 2.94. The third-order valence-electron chi connectivity index (χ3n) is 3.50. The van der Waals surface area contributed by atoms with Gasteiger partial charge in [0, 0.05) is 17.8 Å². The average Bonchev–Trinajstić information content (AvgIpc) is 2.91. The number of hydrogen-bond donors (Lipinski definition) is 2. The molecule has 1 amide bonds. The van der Waals surface area contributed by atoms with Gasteiger partial charge in [-0.3, -0.25) is 9.59 Å². The van der Waals surface area contributed by atoms with Crippen LogP contribution in [0.4, 0.5) is 0 Å². The Kier molecular flexibility index (Phi) is 4.58. The fourth-order valence-corrected chi connectivity index (χ4v) is 2.25. The number of amides is 1. The van der Waals surface area contributed by atoms with Gasteiger partial charge in [-0.1, -0.05) is 24.3 Å². The SMILES string of the molecule is CC(=O)c1c[nH]c(C(=O)NC(C)Cc2ccccc2C)c1. The Morgan fingerprint density at radius 2 is 2.00 bits per heavy atom. The zero-order valence-corrected chi connectivity index (χ0v) is 12.6. The van der Waals surface area contributed by atoms with E-state index in [9.17, 15) is 9.59 Å². The number of Topliss-reactive ketones (excluding diaryl/α,β-unsaturated/α-hetero) is 1. The minimum absolute atomic E-state index is 0.0164. The first-order valence-corrected chi connectivity index (χ1v) is 7.02. The normalized spacial score (nSPS) is 12.0. The minimum Gasteiger partial charge on any atom is -0.356 e. The molecule has 0 aliphatic carbocycles. The summed E-state index contributed by atoms with van der Waals surface area (Å²) in [4.78, 5) is 26.2. The van der Waals surface area contributed by atoms with E-state index in [2.05, 4.69) is 29.4 Å². The molecule has 0 aliphatic rings. The summed E-state index contributed by atoms with van der Waals surface area (Å²) in [6.07, 6.45) is 2.34. The number of carbonyl (C=O) groups is 2. The van der Waals surface area contributed by atoms with Gasteiger partial charge in [-0.05, 0) is 44.4 Å². The number of aromatic amines is 1. The average molecular weight is 284 g/mol. The number of aryl methyl sites for hydroxylation is 1. The maximum Gasteiger partial charge on any atom is 0.267 e. The smallest absolute Gasteiger partial charge is 0.267 e. The molecule has 1 aromatic heterocycles. The zero-order chi connectivity index (χ0) is 15.4. The predicted octanol–water partition coefficient (Wildman–Crippen LogP) is 2.89. The van der Waals surface area contributed by atoms with Gasteiger partial charge < -0.3 is 10.3 Å². The Morgan fingerprint density at radius 3 is 2.62 bits per heavy atom. The molecule has 1 aromatic carbocycles. The summed E-state index contributed by atoms with van der Waals surface area (Å²) in [5.74, 6) is -0.248. The summed E-state index contributed by atoms with van der Waals surface area (Å²) in [6, 6.07) is 9.74. The van der Waals surface area contributed by atoms with Crippen molar-refractivity contribution in [2.24, 2.45) is 0 Å². The molecule has 0 spiro atoms. The van der Waals surface area contributed by atoms with E-state index in [0.717, 1.165) is 6.42 Å². The molecule has 2 rings (SSSR count). The monoisotopic (exact) mass is 284 g/mol. The highest BCUT2D eigenvalue weighted by Crippen LogP contribution is 2.10. The quantitative estimate of drug-likeness (QED) is 0.829. The van der Waals surface area contributed by atoms with Crippen LogP contribution in [0.1, 0.15) is 45.8 Å². The van der Waals surface area contributed by atoms with Crippen LogP contribution in [-0.2, 0) is 6.42 Å². The molecule has 1 unspecified atom stereocenters. The van der Waals surface area contributed by atoms with E-state index >= 15 is 0 Å². The van der Waals surface area contributed by atoms with Crippen molar-refractivity contribution in [1.82, 2.24) is 10.3 Å². The molecule has 4 nitrogen and oxygen atoms in total. The highest BCUT2D eigenvalue weighted by atomic mass is 16.2. The highest BCUT2D eigenvalue weighted by Gasteiger charge is 2.14. The van der Waals surface area contributed by atoms with Crippen LogP contribution in [0, 0.1) is 6.92 Å². The molecule has 1 heterocycles. The van der Waals surface area contributed by atoms with Gasteiger partial charge in [0.05, 0.1) is 0 Å². The van der Waals surface area contributed by atoms with Crippen molar-refractivity contribution in [3.8, 4) is 0 Å². The molecule has 2 N–H and O–H groups in total. The van der Waals surface area contributed by atoms with Gasteiger partial charge in [0.2, 0.25) is 0 Å². The van der Waals surface area contributed by atoms with Crippen molar-refractivity contribution < 1.29 is 9.59 Å². The number of nitrogens with one attached hydrogen (secondary N) is 2. The fraction of sp³-hybridized carbons (Fsp3) is 0.294. The lowest BCUT2D eigenvalue weighted by Gasteiger charge is -2.14. The number of ketones is 1. The van der Waals surface area contributed by atoms with Crippen LogP contribution >= 0.6 is 0 Å². The predicted molar refractivity (Wildman–Crippen MR) is 82.6 cm³/mol. The third-order valence-corrected chi connectivity index (χ3v) is 3.50. The molecule has 0 saturated heterocycles. The second kappa shape index (κ2) is 6.39. The first-order valence-electron chi connectivity index (χ1n) is 7.02. The van der Waals surface area contributed by atoms with Crippen LogP contribution < -0.4 is 5.32 Å². The standard InChI is InChI=1S/C17H20N2O2/c1-11-6-4-5-7-14(11)8-12(2)19-17(21)16-9-15(10-18-16)13(3)20/h4-7,9-10,12,18H,8H2,1-3H3,(H,19,21). The van der Waals surface area contributed by atoms with Crippen molar-refractivity contribution in [2.45, 2.75) is 33.2 Å². The van der Waals surface area contributed by atoms with Crippen molar-refractivity contribution in [1.29, 1.82) is 0 Å². The van der Waals surface area contributed by atoms with Crippen LogP contribution in [0.15, 0.2) is 36.5 Å². The van der Waals surface area contributed by atoms with E-state index in [4.69, 9.17) is 0 Å². The lowest BCUT2D eigenvalue weighted by atomic mass is 10.0. The van der Waals surface area contributed by atoms with Gasteiger partial charge in [0.25, 0.3) is 5.91 Å². The largest absolute Gasteiger partial charge is 0.356 e. The van der Waals surface area contributed by atoms with Gasteiger partial charge in [-0.2, -0.15) is 0 Å². The van der Waals surface area contributed by atoms with Crippen molar-refractivity contribution in [3.63, 3.8) is 0 Å². The Balaban J connectivity index is 1.98. The fourth-order valence-electron chi connectivity index (χ4n) is 2.25. The topological polar surface area (TPSA) is 62.0 Å². The third kappa shape index (κ3) is 3.81. The van der Waals surface area contributed by atoms with Crippen LogP contribution in [0.25, 0.3) is 0 Å². The van der Waals surface area contributed by atoms with E-state index in [-0.39, 0.29) is 17.7 Å². The number of H-pyrrole nitrogens is 1.